The highest BCUT2D eigenvalue weighted by molar-refractivity contribution is 7.17. The molecule has 1 aromatic carbocycles. The van der Waals surface area contributed by atoms with E-state index < -0.39 is 0 Å². The number of hydrogen-bond donors (Lipinski definition) is 1. The molecule has 4 nitrogen and oxygen atoms in total. The van der Waals surface area contributed by atoms with Gasteiger partial charge in [-0.25, -0.2) is 4.79 Å². The van der Waals surface area contributed by atoms with E-state index in [1.54, 1.807) is 11.3 Å². The molecule has 136 valence electrons. The molecule has 1 heterocycles. The van der Waals surface area contributed by atoms with E-state index >= 15 is 0 Å². The van der Waals surface area contributed by atoms with Gasteiger partial charge in [0.25, 0.3) is 0 Å². The summed E-state index contributed by atoms with van der Waals surface area (Å²) in [6.07, 6.45) is 3.78. The molecule has 0 saturated heterocycles. The van der Waals surface area contributed by atoms with E-state index in [2.05, 4.69) is 24.4 Å². The van der Waals surface area contributed by atoms with Gasteiger partial charge in [-0.3, -0.25) is 4.79 Å². The lowest BCUT2D eigenvalue weighted by molar-refractivity contribution is -0.117. The van der Waals surface area contributed by atoms with Crippen LogP contribution in [0.1, 0.15) is 52.0 Å². The molecule has 2 aliphatic rings. The largest absolute Gasteiger partial charge is 0.465 e. The summed E-state index contributed by atoms with van der Waals surface area (Å²) in [5.41, 5.74) is 2.86. The van der Waals surface area contributed by atoms with Crippen LogP contribution in [0.15, 0.2) is 30.3 Å². The van der Waals surface area contributed by atoms with Gasteiger partial charge in [0, 0.05) is 10.8 Å². The maximum Gasteiger partial charge on any atom is 0.341 e. The summed E-state index contributed by atoms with van der Waals surface area (Å²) in [7, 11) is 1.40. The molecule has 0 bridgehead atoms. The third kappa shape index (κ3) is 3.16. The Balaban J connectivity index is 1.55. The van der Waals surface area contributed by atoms with E-state index in [0.29, 0.717) is 16.5 Å². The number of thiophene rings is 1. The second-order valence-corrected chi connectivity index (χ2v) is 8.50. The lowest BCUT2D eigenvalue weighted by atomic mass is 9.88. The van der Waals surface area contributed by atoms with Crippen molar-refractivity contribution in [3.8, 4) is 0 Å². The van der Waals surface area contributed by atoms with Gasteiger partial charge >= 0.3 is 5.97 Å². The summed E-state index contributed by atoms with van der Waals surface area (Å²) >= 11 is 1.55. The molecule has 5 heteroatoms. The standard InChI is InChI=1S/C21H23NO3S/c1-12-8-9-14-17(10-12)26-20(18(14)21(24)25-2)22-19(23)16-11-15(16)13-6-4-3-5-7-13/h3-7,12,15-16H,8-11H2,1-2H3,(H,22,23)/t12-,15+,16-/m1/s1. The molecule has 1 aromatic heterocycles. The summed E-state index contributed by atoms with van der Waals surface area (Å²) in [6, 6.07) is 10.1. The first-order valence-corrected chi connectivity index (χ1v) is 9.98. The second-order valence-electron chi connectivity index (χ2n) is 7.40. The van der Waals surface area contributed by atoms with Crippen molar-refractivity contribution in [3.63, 3.8) is 0 Å². The molecule has 26 heavy (non-hydrogen) atoms. The number of amides is 1. The highest BCUT2D eigenvalue weighted by Gasteiger charge is 2.44. The fraction of sp³-hybridized carbons (Fsp3) is 0.429. The number of carbonyl (C=O) groups is 2. The van der Waals surface area contributed by atoms with Crippen LogP contribution < -0.4 is 5.32 Å². The van der Waals surface area contributed by atoms with Crippen LogP contribution in [-0.4, -0.2) is 19.0 Å². The van der Waals surface area contributed by atoms with Crippen LogP contribution in [0.25, 0.3) is 0 Å². The Hall–Kier alpha value is -2.14. The Kier molecular flexibility index (Phi) is 4.57. The molecule has 1 amide bonds. The topological polar surface area (TPSA) is 55.4 Å². The molecule has 0 spiro atoms. The Morgan fingerprint density at radius 2 is 2.00 bits per heavy atom. The molecule has 0 unspecified atom stereocenters. The summed E-state index contributed by atoms with van der Waals surface area (Å²) < 4.78 is 4.99. The van der Waals surface area contributed by atoms with Crippen molar-refractivity contribution in [2.75, 3.05) is 12.4 Å². The number of hydrogen-bond acceptors (Lipinski definition) is 4. The fourth-order valence-corrected chi connectivity index (χ4v) is 5.32. The average molecular weight is 369 g/mol. The first kappa shape index (κ1) is 17.3. The van der Waals surface area contributed by atoms with Crippen LogP contribution in [-0.2, 0) is 22.4 Å². The third-order valence-electron chi connectivity index (χ3n) is 5.49. The van der Waals surface area contributed by atoms with Gasteiger partial charge in [0.05, 0.1) is 12.7 Å². The number of fused-ring (bicyclic) bond motifs is 1. The van der Waals surface area contributed by atoms with Gasteiger partial charge in [-0.2, -0.15) is 0 Å². The van der Waals surface area contributed by atoms with Gasteiger partial charge in [0.1, 0.15) is 5.00 Å². The summed E-state index contributed by atoms with van der Waals surface area (Å²) in [5, 5.41) is 3.70. The number of esters is 1. The molecule has 4 rings (SSSR count). The van der Waals surface area contributed by atoms with Crippen LogP contribution >= 0.6 is 11.3 Å². The molecule has 3 atom stereocenters. The molecular weight excluding hydrogens is 346 g/mol. The molecule has 2 aromatic rings. The lowest BCUT2D eigenvalue weighted by Crippen LogP contribution is -2.17. The number of rotatable bonds is 4. The quantitative estimate of drug-likeness (QED) is 0.813. The number of carbonyl (C=O) groups excluding carboxylic acids is 2. The predicted molar refractivity (Wildman–Crippen MR) is 103 cm³/mol. The smallest absolute Gasteiger partial charge is 0.341 e. The van der Waals surface area contributed by atoms with Gasteiger partial charge in [0.15, 0.2) is 0 Å². The molecule has 0 radical (unpaired) electrons. The van der Waals surface area contributed by atoms with E-state index in [4.69, 9.17) is 4.74 Å². The zero-order chi connectivity index (χ0) is 18.3. The second kappa shape index (κ2) is 6.88. The van der Waals surface area contributed by atoms with Crippen LogP contribution in [0.3, 0.4) is 0 Å². The van der Waals surface area contributed by atoms with Crippen molar-refractivity contribution < 1.29 is 14.3 Å². The van der Waals surface area contributed by atoms with Crippen molar-refractivity contribution in [2.45, 2.75) is 38.5 Å². The fourth-order valence-electron chi connectivity index (χ4n) is 3.91. The van der Waals surface area contributed by atoms with Gasteiger partial charge in [-0.05, 0) is 48.6 Å². The molecule has 0 aliphatic heterocycles. The van der Waals surface area contributed by atoms with Crippen molar-refractivity contribution in [2.24, 2.45) is 11.8 Å². The van der Waals surface area contributed by atoms with Gasteiger partial charge in [-0.15, -0.1) is 11.3 Å². The minimum absolute atomic E-state index is 0.00986. The highest BCUT2D eigenvalue weighted by Crippen LogP contribution is 2.48. The van der Waals surface area contributed by atoms with E-state index in [1.807, 2.05) is 18.2 Å². The zero-order valence-corrected chi connectivity index (χ0v) is 15.9. The van der Waals surface area contributed by atoms with E-state index in [1.165, 1.54) is 17.6 Å². The third-order valence-corrected chi connectivity index (χ3v) is 6.66. The molecule has 1 N–H and O–H groups in total. The Morgan fingerprint density at radius 1 is 1.23 bits per heavy atom. The summed E-state index contributed by atoms with van der Waals surface area (Å²) in [6.45, 7) is 2.23. The Bertz CT molecular complexity index is 842. The highest BCUT2D eigenvalue weighted by atomic mass is 32.1. The van der Waals surface area contributed by atoms with Crippen LogP contribution in [0.4, 0.5) is 5.00 Å². The van der Waals surface area contributed by atoms with Crippen molar-refractivity contribution >= 4 is 28.2 Å². The molecule has 1 fully saturated rings. The maximum atomic E-state index is 12.7. The molecule has 2 aliphatic carbocycles. The van der Waals surface area contributed by atoms with Crippen LogP contribution in [0.2, 0.25) is 0 Å². The lowest BCUT2D eigenvalue weighted by Gasteiger charge is -2.18. The van der Waals surface area contributed by atoms with Gasteiger partial charge in [-0.1, -0.05) is 37.3 Å². The predicted octanol–water partition coefficient (Wildman–Crippen LogP) is 4.40. The van der Waals surface area contributed by atoms with Crippen molar-refractivity contribution in [1.82, 2.24) is 0 Å². The number of methoxy groups -OCH3 is 1. The molecule has 1 saturated carbocycles. The van der Waals surface area contributed by atoms with Crippen LogP contribution in [0, 0.1) is 11.8 Å². The number of ether oxygens (including phenoxy) is 1. The van der Waals surface area contributed by atoms with E-state index in [-0.39, 0.29) is 23.7 Å². The monoisotopic (exact) mass is 369 g/mol. The number of nitrogens with one attached hydrogen (secondary N) is 1. The SMILES string of the molecule is COC(=O)c1c(NC(=O)[C@@H]2C[C@H]2c2ccccc2)sc2c1CC[C@@H](C)C2. The van der Waals surface area contributed by atoms with Gasteiger partial charge < -0.3 is 10.1 Å². The number of anilines is 1. The normalized spacial score (nSPS) is 23.8. The van der Waals surface area contributed by atoms with Crippen LogP contribution in [0.5, 0.6) is 0 Å². The minimum atomic E-state index is -0.345. The summed E-state index contributed by atoms with van der Waals surface area (Å²) in [4.78, 5) is 26.3. The average Bonchev–Trinajstić information content (AvgIpc) is 3.38. The van der Waals surface area contributed by atoms with Crippen molar-refractivity contribution in [3.05, 3.63) is 51.9 Å². The zero-order valence-electron chi connectivity index (χ0n) is 15.1. The van der Waals surface area contributed by atoms with Crippen molar-refractivity contribution in [1.29, 1.82) is 0 Å². The first-order valence-electron chi connectivity index (χ1n) is 9.17. The maximum absolute atomic E-state index is 12.7. The van der Waals surface area contributed by atoms with E-state index in [9.17, 15) is 9.59 Å². The first-order chi connectivity index (χ1) is 12.6. The Morgan fingerprint density at radius 3 is 2.73 bits per heavy atom. The van der Waals surface area contributed by atoms with Gasteiger partial charge in [0.2, 0.25) is 5.91 Å². The Labute approximate surface area is 157 Å². The minimum Gasteiger partial charge on any atom is -0.465 e. The molecular formula is C21H23NO3S. The van der Waals surface area contributed by atoms with E-state index in [0.717, 1.165) is 31.2 Å². The number of benzene rings is 1. The summed E-state index contributed by atoms with van der Waals surface area (Å²) in [5.74, 6) is 0.549.